The van der Waals surface area contributed by atoms with Gasteiger partial charge in [0.25, 0.3) is 5.91 Å². The summed E-state index contributed by atoms with van der Waals surface area (Å²) in [6.45, 7) is 2.96. The summed E-state index contributed by atoms with van der Waals surface area (Å²) in [5.74, 6) is -1.95. The van der Waals surface area contributed by atoms with Gasteiger partial charge in [0.15, 0.2) is 0 Å². The van der Waals surface area contributed by atoms with Gasteiger partial charge in [-0.3, -0.25) is 4.79 Å². The highest BCUT2D eigenvalue weighted by Crippen LogP contribution is 2.29. The number of hydrogen-bond donors (Lipinski definition) is 4. The van der Waals surface area contributed by atoms with Crippen molar-refractivity contribution >= 4 is 23.3 Å². The number of carboxylic acids is 1. The maximum absolute atomic E-state index is 13.1. The van der Waals surface area contributed by atoms with Crippen molar-refractivity contribution in [1.82, 2.24) is 0 Å². The monoisotopic (exact) mass is 447 g/mol. The number of aromatic carboxylic acids is 1. The van der Waals surface area contributed by atoms with Gasteiger partial charge in [-0.25, -0.2) is 4.79 Å². The average Bonchev–Trinajstić information content (AvgIpc) is 2.84. The molecular formula is C25H25N3O5. The lowest BCUT2D eigenvalue weighted by molar-refractivity contribution is 0.0698. The van der Waals surface area contributed by atoms with Gasteiger partial charge in [0, 0.05) is 25.3 Å². The lowest BCUT2D eigenvalue weighted by Gasteiger charge is -2.29. The lowest BCUT2D eigenvalue weighted by Crippen LogP contribution is -2.36. The molecule has 0 aromatic heterocycles. The molecule has 0 atom stereocenters. The molecule has 0 aliphatic carbocycles. The van der Waals surface area contributed by atoms with Gasteiger partial charge in [-0.1, -0.05) is 30.3 Å². The minimum atomic E-state index is -1.17. The molecule has 170 valence electrons. The second-order valence-electron chi connectivity index (χ2n) is 7.72. The predicted octanol–water partition coefficient (Wildman–Crippen LogP) is 3.31. The smallest absolute Gasteiger partial charge is 0.337 e. The molecule has 5 N–H and O–H groups in total. The molecule has 0 unspecified atom stereocenters. The van der Waals surface area contributed by atoms with E-state index < -0.39 is 11.9 Å². The summed E-state index contributed by atoms with van der Waals surface area (Å²) < 4.78 is 5.37. The Morgan fingerprint density at radius 3 is 2.30 bits per heavy atom. The van der Waals surface area contributed by atoms with E-state index >= 15 is 0 Å². The summed E-state index contributed by atoms with van der Waals surface area (Å²) in [5.41, 5.74) is 9.17. The van der Waals surface area contributed by atoms with Crippen LogP contribution in [0.1, 0.15) is 26.3 Å². The molecule has 3 aromatic carbocycles. The standard InChI is InChI=1S/C25H25N3O5/c26-15-16-1-3-17(4-2-16)18-5-7-20(25(31)32)22(13-18)27-24(30)21-14-19(6-8-23(21)29)28-9-11-33-12-10-28/h1-8,13-14,29H,9-12,15,26H2,(H,27,30)(H,31,32). The largest absolute Gasteiger partial charge is 0.507 e. The van der Waals surface area contributed by atoms with Gasteiger partial charge in [0.1, 0.15) is 5.75 Å². The molecule has 1 amide bonds. The molecular weight excluding hydrogens is 422 g/mol. The van der Waals surface area contributed by atoms with Crippen molar-refractivity contribution in [3.05, 3.63) is 77.4 Å². The molecule has 1 heterocycles. The number of hydrogen-bond acceptors (Lipinski definition) is 6. The molecule has 1 fully saturated rings. The van der Waals surface area contributed by atoms with Crippen molar-refractivity contribution in [2.75, 3.05) is 36.5 Å². The van der Waals surface area contributed by atoms with Gasteiger partial charge in [0.2, 0.25) is 0 Å². The Morgan fingerprint density at radius 1 is 0.939 bits per heavy atom. The van der Waals surface area contributed by atoms with Crippen LogP contribution in [-0.4, -0.2) is 48.4 Å². The Bertz CT molecular complexity index is 1170. The second-order valence-corrected chi connectivity index (χ2v) is 7.72. The van der Waals surface area contributed by atoms with Gasteiger partial charge in [0.05, 0.1) is 30.0 Å². The van der Waals surface area contributed by atoms with Crippen LogP contribution < -0.4 is 16.0 Å². The molecule has 0 radical (unpaired) electrons. The first-order chi connectivity index (χ1) is 16.0. The lowest BCUT2D eigenvalue weighted by atomic mass is 10.0. The Morgan fingerprint density at radius 2 is 1.64 bits per heavy atom. The van der Waals surface area contributed by atoms with Crippen LogP contribution in [0.4, 0.5) is 11.4 Å². The first kappa shape index (κ1) is 22.3. The minimum Gasteiger partial charge on any atom is -0.507 e. The van der Waals surface area contributed by atoms with E-state index in [1.54, 1.807) is 24.3 Å². The van der Waals surface area contributed by atoms with Crippen LogP contribution >= 0.6 is 0 Å². The number of anilines is 2. The number of carboxylic acid groups (broad SMARTS) is 1. The number of nitrogens with two attached hydrogens (primary N) is 1. The molecule has 8 heteroatoms. The highest BCUT2D eigenvalue weighted by molar-refractivity contribution is 6.10. The topological polar surface area (TPSA) is 125 Å². The summed E-state index contributed by atoms with van der Waals surface area (Å²) in [5, 5.41) is 22.6. The molecule has 0 bridgehead atoms. The van der Waals surface area contributed by atoms with Crippen molar-refractivity contribution in [3.8, 4) is 16.9 Å². The summed E-state index contributed by atoms with van der Waals surface area (Å²) >= 11 is 0. The molecule has 1 saturated heterocycles. The number of aromatic hydroxyl groups is 1. The van der Waals surface area contributed by atoms with E-state index in [0.29, 0.717) is 32.8 Å². The molecule has 3 aromatic rings. The van der Waals surface area contributed by atoms with Crippen molar-refractivity contribution in [2.24, 2.45) is 5.73 Å². The first-order valence-electron chi connectivity index (χ1n) is 10.6. The number of morpholine rings is 1. The first-order valence-corrected chi connectivity index (χ1v) is 10.6. The highest BCUT2D eigenvalue weighted by atomic mass is 16.5. The van der Waals surface area contributed by atoms with Crippen molar-refractivity contribution < 1.29 is 24.5 Å². The van der Waals surface area contributed by atoms with E-state index in [1.165, 1.54) is 12.1 Å². The van der Waals surface area contributed by atoms with E-state index in [0.717, 1.165) is 22.4 Å². The van der Waals surface area contributed by atoms with Crippen molar-refractivity contribution in [1.29, 1.82) is 0 Å². The summed E-state index contributed by atoms with van der Waals surface area (Å²) in [4.78, 5) is 26.9. The van der Waals surface area contributed by atoms with Gasteiger partial charge >= 0.3 is 5.97 Å². The fraction of sp³-hybridized carbons (Fsp3) is 0.200. The number of carbonyl (C=O) groups excluding carboxylic acids is 1. The number of nitrogens with one attached hydrogen (secondary N) is 1. The fourth-order valence-corrected chi connectivity index (χ4v) is 3.76. The number of benzene rings is 3. The molecule has 0 spiro atoms. The zero-order chi connectivity index (χ0) is 23.4. The van der Waals surface area contributed by atoms with Crippen LogP contribution in [0.3, 0.4) is 0 Å². The molecule has 1 aliphatic heterocycles. The van der Waals surface area contributed by atoms with Crippen LogP contribution in [0.5, 0.6) is 5.75 Å². The van der Waals surface area contributed by atoms with Crippen LogP contribution in [0, 0.1) is 0 Å². The van der Waals surface area contributed by atoms with Crippen LogP contribution in [0.15, 0.2) is 60.7 Å². The van der Waals surface area contributed by atoms with Gasteiger partial charge in [-0.15, -0.1) is 0 Å². The van der Waals surface area contributed by atoms with Gasteiger partial charge < -0.3 is 30.9 Å². The normalized spacial score (nSPS) is 13.5. The maximum atomic E-state index is 13.1. The molecule has 1 aliphatic rings. The van der Waals surface area contributed by atoms with Crippen molar-refractivity contribution in [2.45, 2.75) is 6.54 Å². The quantitative estimate of drug-likeness (QED) is 0.457. The van der Waals surface area contributed by atoms with E-state index in [4.69, 9.17) is 10.5 Å². The van der Waals surface area contributed by atoms with E-state index in [-0.39, 0.29) is 22.6 Å². The van der Waals surface area contributed by atoms with Crippen molar-refractivity contribution in [3.63, 3.8) is 0 Å². The Hall–Kier alpha value is -3.88. The molecule has 8 nitrogen and oxygen atoms in total. The van der Waals surface area contributed by atoms with Crippen LogP contribution in [-0.2, 0) is 11.3 Å². The Labute approximate surface area is 191 Å². The number of phenolic OH excluding ortho intramolecular Hbond substituents is 1. The number of phenols is 1. The maximum Gasteiger partial charge on any atom is 0.337 e. The van der Waals surface area contributed by atoms with E-state index in [2.05, 4.69) is 10.2 Å². The number of carbonyl (C=O) groups is 2. The third-order valence-corrected chi connectivity index (χ3v) is 5.62. The summed E-state index contributed by atoms with van der Waals surface area (Å²) in [7, 11) is 0. The minimum absolute atomic E-state index is 0.0468. The molecule has 0 saturated carbocycles. The predicted molar refractivity (Wildman–Crippen MR) is 126 cm³/mol. The molecule has 33 heavy (non-hydrogen) atoms. The zero-order valence-corrected chi connectivity index (χ0v) is 18.0. The average molecular weight is 447 g/mol. The number of ether oxygens (including phenoxy) is 1. The van der Waals surface area contributed by atoms with E-state index in [9.17, 15) is 19.8 Å². The second kappa shape index (κ2) is 9.72. The highest BCUT2D eigenvalue weighted by Gasteiger charge is 2.19. The van der Waals surface area contributed by atoms with Crippen LogP contribution in [0.2, 0.25) is 0 Å². The summed E-state index contributed by atoms with van der Waals surface area (Å²) in [6.07, 6.45) is 0. The van der Waals surface area contributed by atoms with Gasteiger partial charge in [-0.2, -0.15) is 0 Å². The zero-order valence-electron chi connectivity index (χ0n) is 18.0. The molecule has 4 rings (SSSR count). The number of nitrogens with zero attached hydrogens (tertiary/aromatic N) is 1. The summed E-state index contributed by atoms with van der Waals surface area (Å²) in [6, 6.07) is 17.1. The van der Waals surface area contributed by atoms with E-state index in [1.807, 2.05) is 24.3 Å². The Balaban J connectivity index is 1.64. The number of amides is 1. The van der Waals surface area contributed by atoms with Gasteiger partial charge in [-0.05, 0) is 47.0 Å². The Kier molecular flexibility index (Phi) is 6.58. The van der Waals surface area contributed by atoms with Crippen LogP contribution in [0.25, 0.3) is 11.1 Å². The number of rotatable bonds is 6. The SMILES string of the molecule is NCc1ccc(-c2ccc(C(=O)O)c(NC(=O)c3cc(N4CCOCC4)ccc3O)c2)cc1. The third-order valence-electron chi connectivity index (χ3n) is 5.62. The fourth-order valence-electron chi connectivity index (χ4n) is 3.76. The third kappa shape index (κ3) is 4.97.